The molecule has 0 N–H and O–H groups in total. The SMILES string of the molecule is C=C(C)CCCC(C)(C)OC. The van der Waals surface area contributed by atoms with Gasteiger partial charge in [0.15, 0.2) is 0 Å². The second-order valence-corrected chi connectivity index (χ2v) is 3.77. The number of hydrogen-bond acceptors (Lipinski definition) is 1. The molecule has 0 bridgehead atoms. The summed E-state index contributed by atoms with van der Waals surface area (Å²) in [6.07, 6.45) is 3.40. The summed E-state index contributed by atoms with van der Waals surface area (Å²) in [5.41, 5.74) is 1.30. The number of ether oxygens (including phenoxy) is 1. The molecule has 0 amide bonds. The van der Waals surface area contributed by atoms with Crippen molar-refractivity contribution in [3.05, 3.63) is 12.2 Å². The van der Waals surface area contributed by atoms with E-state index >= 15 is 0 Å². The summed E-state index contributed by atoms with van der Waals surface area (Å²) in [5.74, 6) is 0. The first-order valence-electron chi connectivity index (χ1n) is 4.17. The van der Waals surface area contributed by atoms with E-state index in [0.717, 1.165) is 12.8 Å². The third-order valence-electron chi connectivity index (χ3n) is 1.93. The van der Waals surface area contributed by atoms with Crippen molar-refractivity contribution >= 4 is 0 Å². The molecular formula is C10H20O. The summed E-state index contributed by atoms with van der Waals surface area (Å²) >= 11 is 0. The van der Waals surface area contributed by atoms with Crippen LogP contribution in [0.25, 0.3) is 0 Å². The zero-order valence-corrected chi connectivity index (χ0v) is 8.24. The first-order chi connectivity index (χ1) is 4.98. The van der Waals surface area contributed by atoms with E-state index < -0.39 is 0 Å². The molecule has 0 unspecified atom stereocenters. The highest BCUT2D eigenvalue weighted by Crippen LogP contribution is 2.17. The maximum atomic E-state index is 5.29. The minimum atomic E-state index is 0.0372. The van der Waals surface area contributed by atoms with Gasteiger partial charge in [-0.25, -0.2) is 0 Å². The maximum Gasteiger partial charge on any atom is 0.0622 e. The highest BCUT2D eigenvalue weighted by atomic mass is 16.5. The van der Waals surface area contributed by atoms with E-state index in [9.17, 15) is 0 Å². The predicted molar refractivity (Wildman–Crippen MR) is 49.8 cm³/mol. The molecule has 0 aromatic carbocycles. The molecule has 0 atom stereocenters. The molecule has 0 spiro atoms. The normalized spacial score (nSPS) is 11.6. The van der Waals surface area contributed by atoms with Crippen molar-refractivity contribution in [3.8, 4) is 0 Å². The minimum Gasteiger partial charge on any atom is -0.379 e. The van der Waals surface area contributed by atoms with Gasteiger partial charge in [0, 0.05) is 7.11 Å². The largest absolute Gasteiger partial charge is 0.379 e. The van der Waals surface area contributed by atoms with E-state index in [-0.39, 0.29) is 5.60 Å². The summed E-state index contributed by atoms with van der Waals surface area (Å²) in [5, 5.41) is 0. The van der Waals surface area contributed by atoms with Gasteiger partial charge < -0.3 is 4.74 Å². The van der Waals surface area contributed by atoms with Crippen molar-refractivity contribution < 1.29 is 4.74 Å². The van der Waals surface area contributed by atoms with Crippen molar-refractivity contribution in [2.75, 3.05) is 7.11 Å². The smallest absolute Gasteiger partial charge is 0.0622 e. The van der Waals surface area contributed by atoms with Crippen LogP contribution in [0.15, 0.2) is 12.2 Å². The summed E-state index contributed by atoms with van der Waals surface area (Å²) < 4.78 is 5.29. The maximum absolute atomic E-state index is 5.29. The van der Waals surface area contributed by atoms with E-state index in [2.05, 4.69) is 27.4 Å². The Labute approximate surface area is 70.4 Å². The Morgan fingerprint density at radius 2 is 2.00 bits per heavy atom. The Hall–Kier alpha value is -0.300. The molecule has 0 saturated carbocycles. The molecule has 0 aliphatic carbocycles. The predicted octanol–water partition coefficient (Wildman–Crippen LogP) is 3.16. The second kappa shape index (κ2) is 4.55. The van der Waals surface area contributed by atoms with Crippen molar-refractivity contribution in [2.24, 2.45) is 0 Å². The van der Waals surface area contributed by atoms with E-state index in [0.29, 0.717) is 0 Å². The summed E-state index contributed by atoms with van der Waals surface area (Å²) in [4.78, 5) is 0. The van der Waals surface area contributed by atoms with Gasteiger partial charge in [0.25, 0.3) is 0 Å². The van der Waals surface area contributed by atoms with Crippen LogP contribution < -0.4 is 0 Å². The average Bonchev–Trinajstić information content (AvgIpc) is 1.87. The Morgan fingerprint density at radius 1 is 1.45 bits per heavy atom. The van der Waals surface area contributed by atoms with E-state index in [1.54, 1.807) is 7.11 Å². The van der Waals surface area contributed by atoms with Crippen LogP contribution in [0.5, 0.6) is 0 Å². The third-order valence-corrected chi connectivity index (χ3v) is 1.93. The third kappa shape index (κ3) is 6.11. The van der Waals surface area contributed by atoms with Crippen LogP contribution in [0.4, 0.5) is 0 Å². The zero-order chi connectivity index (χ0) is 8.91. The fourth-order valence-electron chi connectivity index (χ4n) is 0.918. The van der Waals surface area contributed by atoms with E-state index in [1.165, 1.54) is 12.0 Å². The van der Waals surface area contributed by atoms with Gasteiger partial charge in [0.2, 0.25) is 0 Å². The van der Waals surface area contributed by atoms with Crippen LogP contribution in [0, 0.1) is 0 Å². The van der Waals surface area contributed by atoms with E-state index in [4.69, 9.17) is 4.74 Å². The molecule has 0 rings (SSSR count). The van der Waals surface area contributed by atoms with Crippen LogP contribution >= 0.6 is 0 Å². The molecule has 0 fully saturated rings. The number of rotatable bonds is 5. The first-order valence-corrected chi connectivity index (χ1v) is 4.17. The second-order valence-electron chi connectivity index (χ2n) is 3.77. The van der Waals surface area contributed by atoms with Crippen LogP contribution in [-0.2, 0) is 4.74 Å². The van der Waals surface area contributed by atoms with Gasteiger partial charge in [-0.15, -0.1) is 6.58 Å². The van der Waals surface area contributed by atoms with Crippen LogP contribution in [-0.4, -0.2) is 12.7 Å². The van der Waals surface area contributed by atoms with Crippen molar-refractivity contribution in [1.29, 1.82) is 0 Å². The lowest BCUT2D eigenvalue weighted by Crippen LogP contribution is -2.21. The van der Waals surface area contributed by atoms with E-state index in [1.807, 2.05) is 0 Å². The lowest BCUT2D eigenvalue weighted by atomic mass is 10.00. The molecule has 11 heavy (non-hydrogen) atoms. The van der Waals surface area contributed by atoms with Crippen LogP contribution in [0.3, 0.4) is 0 Å². The molecule has 0 aliphatic rings. The quantitative estimate of drug-likeness (QED) is 0.555. The Morgan fingerprint density at radius 3 is 2.36 bits per heavy atom. The Kier molecular flexibility index (Phi) is 4.43. The van der Waals surface area contributed by atoms with Crippen LogP contribution in [0.1, 0.15) is 40.0 Å². The fraction of sp³-hybridized carbons (Fsp3) is 0.800. The van der Waals surface area contributed by atoms with Gasteiger partial charge in [-0.05, 0) is 40.0 Å². The highest BCUT2D eigenvalue weighted by molar-refractivity contribution is 4.88. The van der Waals surface area contributed by atoms with Gasteiger partial charge in [-0.1, -0.05) is 5.57 Å². The lowest BCUT2D eigenvalue weighted by molar-refractivity contribution is 0.0140. The van der Waals surface area contributed by atoms with Gasteiger partial charge in [-0.3, -0.25) is 0 Å². The molecule has 1 nitrogen and oxygen atoms in total. The number of allylic oxidation sites excluding steroid dienone is 1. The number of hydrogen-bond donors (Lipinski definition) is 0. The van der Waals surface area contributed by atoms with Crippen molar-refractivity contribution in [1.82, 2.24) is 0 Å². The summed E-state index contributed by atoms with van der Waals surface area (Å²) in [6.45, 7) is 10.2. The number of methoxy groups -OCH3 is 1. The first kappa shape index (κ1) is 10.7. The highest BCUT2D eigenvalue weighted by Gasteiger charge is 2.14. The van der Waals surface area contributed by atoms with Gasteiger partial charge in [0.1, 0.15) is 0 Å². The Balaban J connectivity index is 3.45. The molecular weight excluding hydrogens is 136 g/mol. The summed E-state index contributed by atoms with van der Waals surface area (Å²) in [7, 11) is 1.76. The fourth-order valence-corrected chi connectivity index (χ4v) is 0.918. The zero-order valence-electron chi connectivity index (χ0n) is 8.24. The molecule has 1 heteroatoms. The molecule has 0 aliphatic heterocycles. The van der Waals surface area contributed by atoms with Crippen LogP contribution in [0.2, 0.25) is 0 Å². The lowest BCUT2D eigenvalue weighted by Gasteiger charge is -2.22. The Bertz CT molecular complexity index is 125. The van der Waals surface area contributed by atoms with Gasteiger partial charge in [0.05, 0.1) is 5.60 Å². The molecule has 0 aromatic heterocycles. The van der Waals surface area contributed by atoms with Crippen molar-refractivity contribution in [3.63, 3.8) is 0 Å². The standard InChI is InChI=1S/C10H20O/c1-9(2)7-6-8-10(3,4)11-5/h1,6-8H2,2-5H3. The average molecular weight is 156 g/mol. The molecule has 0 radical (unpaired) electrons. The van der Waals surface area contributed by atoms with Gasteiger partial charge >= 0.3 is 0 Å². The summed E-state index contributed by atoms with van der Waals surface area (Å²) in [6, 6.07) is 0. The molecule has 0 saturated heterocycles. The molecule has 66 valence electrons. The monoisotopic (exact) mass is 156 g/mol. The topological polar surface area (TPSA) is 9.23 Å². The van der Waals surface area contributed by atoms with Gasteiger partial charge in [-0.2, -0.15) is 0 Å². The molecule has 0 heterocycles. The molecule has 0 aromatic rings. The van der Waals surface area contributed by atoms with Crippen molar-refractivity contribution in [2.45, 2.75) is 45.6 Å². The minimum absolute atomic E-state index is 0.0372.